The number of nitrogens with zero attached hydrogens (tertiary/aromatic N) is 1. The molecule has 4 heteroatoms. The Hall–Kier alpha value is 0.0700. The maximum atomic E-state index is 11.3. The van der Waals surface area contributed by atoms with Crippen molar-refractivity contribution in [3.8, 4) is 0 Å². The van der Waals surface area contributed by atoms with Gasteiger partial charge in [0.25, 0.3) is 0 Å². The Labute approximate surface area is 101 Å². The number of piperazine rings is 1. The minimum atomic E-state index is -0.679. The first-order valence-corrected chi connectivity index (χ1v) is 8.03. The van der Waals surface area contributed by atoms with Gasteiger partial charge in [-0.3, -0.25) is 9.11 Å². The molecule has 16 heavy (non-hydrogen) atoms. The predicted octanol–water partition coefficient (Wildman–Crippen LogP) is 0.827. The molecule has 1 saturated heterocycles. The molecule has 1 aliphatic carbocycles. The zero-order valence-electron chi connectivity index (χ0n) is 10.7. The smallest absolute Gasteiger partial charge is 0.0385 e. The van der Waals surface area contributed by atoms with Crippen LogP contribution in [0.3, 0.4) is 0 Å². The van der Waals surface area contributed by atoms with Crippen LogP contribution in [0.25, 0.3) is 0 Å². The Morgan fingerprint density at radius 1 is 1.56 bits per heavy atom. The van der Waals surface area contributed by atoms with Gasteiger partial charge in [0.15, 0.2) is 0 Å². The second kappa shape index (κ2) is 4.75. The fourth-order valence-electron chi connectivity index (χ4n) is 2.86. The van der Waals surface area contributed by atoms with Gasteiger partial charge in [-0.1, -0.05) is 0 Å². The highest BCUT2D eigenvalue weighted by Gasteiger charge is 2.44. The molecule has 2 fully saturated rings. The van der Waals surface area contributed by atoms with Gasteiger partial charge in [-0.2, -0.15) is 0 Å². The third-order valence-electron chi connectivity index (χ3n) is 4.04. The predicted molar refractivity (Wildman–Crippen MR) is 69.1 cm³/mol. The van der Waals surface area contributed by atoms with Crippen molar-refractivity contribution >= 4 is 10.8 Å². The summed E-state index contributed by atoms with van der Waals surface area (Å²) in [7, 11) is -0.679. The Morgan fingerprint density at radius 2 is 2.25 bits per heavy atom. The molecule has 0 aromatic heterocycles. The Morgan fingerprint density at radius 3 is 2.81 bits per heavy atom. The van der Waals surface area contributed by atoms with Crippen LogP contribution in [0.2, 0.25) is 0 Å². The minimum Gasteiger partial charge on any atom is -0.309 e. The molecular weight excluding hydrogens is 220 g/mol. The van der Waals surface area contributed by atoms with Gasteiger partial charge in [-0.05, 0) is 32.6 Å². The molecule has 3 unspecified atom stereocenters. The summed E-state index contributed by atoms with van der Waals surface area (Å²) in [6, 6.07) is 0.450. The van der Waals surface area contributed by atoms with Gasteiger partial charge in [-0.25, -0.2) is 0 Å². The van der Waals surface area contributed by atoms with E-state index in [9.17, 15) is 4.21 Å². The van der Waals surface area contributed by atoms with Gasteiger partial charge in [0.05, 0.1) is 0 Å². The van der Waals surface area contributed by atoms with Crippen molar-refractivity contribution < 1.29 is 4.21 Å². The minimum absolute atomic E-state index is 0.307. The number of hydrogen-bond donors (Lipinski definition) is 1. The van der Waals surface area contributed by atoms with Crippen molar-refractivity contribution in [2.24, 2.45) is 5.92 Å². The van der Waals surface area contributed by atoms with Crippen LogP contribution in [-0.4, -0.2) is 52.3 Å². The summed E-state index contributed by atoms with van der Waals surface area (Å²) in [4.78, 5) is 2.51. The molecule has 0 aromatic carbocycles. The fraction of sp³-hybridized carbons (Fsp3) is 1.00. The lowest BCUT2D eigenvalue weighted by Crippen LogP contribution is -2.62. The molecule has 0 radical (unpaired) electrons. The van der Waals surface area contributed by atoms with Crippen molar-refractivity contribution in [2.75, 3.05) is 31.6 Å². The van der Waals surface area contributed by atoms with Gasteiger partial charge in [0.1, 0.15) is 0 Å². The van der Waals surface area contributed by atoms with E-state index < -0.39 is 10.8 Å². The van der Waals surface area contributed by atoms with Crippen molar-refractivity contribution in [1.82, 2.24) is 10.2 Å². The number of hydrogen-bond acceptors (Lipinski definition) is 3. The highest BCUT2D eigenvalue weighted by Crippen LogP contribution is 2.40. The first kappa shape index (κ1) is 12.5. The Bertz CT molecular complexity index is 280. The highest BCUT2D eigenvalue weighted by molar-refractivity contribution is 7.84. The van der Waals surface area contributed by atoms with Crippen molar-refractivity contribution in [3.63, 3.8) is 0 Å². The first-order chi connectivity index (χ1) is 7.51. The molecule has 94 valence electrons. The van der Waals surface area contributed by atoms with Gasteiger partial charge in [0.2, 0.25) is 0 Å². The van der Waals surface area contributed by atoms with E-state index in [0.717, 1.165) is 31.3 Å². The molecule has 1 aliphatic heterocycles. The normalized spacial score (nSPS) is 35.9. The van der Waals surface area contributed by atoms with Crippen molar-refractivity contribution in [2.45, 2.75) is 38.3 Å². The third kappa shape index (κ3) is 2.84. The Balaban J connectivity index is 1.92. The fourth-order valence-corrected chi connectivity index (χ4v) is 3.75. The third-order valence-corrected chi connectivity index (χ3v) is 4.99. The summed E-state index contributed by atoms with van der Waals surface area (Å²) < 4.78 is 11.3. The molecular formula is C12H24N2OS. The van der Waals surface area contributed by atoms with Crippen LogP contribution in [0, 0.1) is 5.92 Å². The number of nitrogens with one attached hydrogen (secondary N) is 1. The second-order valence-electron chi connectivity index (χ2n) is 5.68. The standard InChI is InChI=1S/C12H24N2OS/c1-10(8-16(3)15)14-7-6-13-12(2,9-14)11-4-5-11/h10-11,13H,4-9H2,1-3H3. The van der Waals surface area contributed by atoms with E-state index in [2.05, 4.69) is 24.1 Å². The lowest BCUT2D eigenvalue weighted by Gasteiger charge is -2.44. The average molecular weight is 244 g/mol. The van der Waals surface area contributed by atoms with Gasteiger partial charge >= 0.3 is 0 Å². The molecule has 0 aromatic rings. The summed E-state index contributed by atoms with van der Waals surface area (Å²) >= 11 is 0. The van der Waals surface area contributed by atoms with Crippen LogP contribution in [0.4, 0.5) is 0 Å². The van der Waals surface area contributed by atoms with E-state index in [-0.39, 0.29) is 0 Å². The lowest BCUT2D eigenvalue weighted by molar-refractivity contribution is 0.102. The van der Waals surface area contributed by atoms with E-state index in [4.69, 9.17) is 0 Å². The summed E-state index contributed by atoms with van der Waals surface area (Å²) in [6.07, 6.45) is 4.57. The largest absolute Gasteiger partial charge is 0.309 e. The molecule has 0 bridgehead atoms. The summed E-state index contributed by atoms with van der Waals surface area (Å²) in [5, 5.41) is 3.68. The van der Waals surface area contributed by atoms with E-state index in [1.54, 1.807) is 6.26 Å². The number of rotatable bonds is 4. The van der Waals surface area contributed by atoms with E-state index in [1.165, 1.54) is 12.8 Å². The van der Waals surface area contributed by atoms with Crippen LogP contribution in [0.1, 0.15) is 26.7 Å². The van der Waals surface area contributed by atoms with E-state index >= 15 is 0 Å². The van der Waals surface area contributed by atoms with E-state index in [1.807, 2.05) is 0 Å². The van der Waals surface area contributed by atoms with Crippen molar-refractivity contribution in [1.29, 1.82) is 0 Å². The van der Waals surface area contributed by atoms with E-state index in [0.29, 0.717) is 11.6 Å². The quantitative estimate of drug-likeness (QED) is 0.795. The van der Waals surface area contributed by atoms with Crippen LogP contribution >= 0.6 is 0 Å². The van der Waals surface area contributed by atoms with Crippen LogP contribution < -0.4 is 5.32 Å². The molecule has 3 atom stereocenters. The molecule has 1 saturated carbocycles. The van der Waals surface area contributed by atoms with Crippen LogP contribution in [0.15, 0.2) is 0 Å². The molecule has 2 rings (SSSR count). The molecule has 3 nitrogen and oxygen atoms in total. The van der Waals surface area contributed by atoms with Crippen molar-refractivity contribution in [3.05, 3.63) is 0 Å². The molecule has 2 aliphatic rings. The maximum Gasteiger partial charge on any atom is 0.0385 e. The van der Waals surface area contributed by atoms with Gasteiger partial charge in [0, 0.05) is 54.0 Å². The van der Waals surface area contributed by atoms with Crippen LogP contribution in [0.5, 0.6) is 0 Å². The van der Waals surface area contributed by atoms with Gasteiger partial charge < -0.3 is 5.32 Å². The summed E-state index contributed by atoms with van der Waals surface area (Å²) in [5.74, 6) is 1.68. The summed E-state index contributed by atoms with van der Waals surface area (Å²) in [6.45, 7) is 7.86. The second-order valence-corrected chi connectivity index (χ2v) is 7.16. The molecule has 1 heterocycles. The monoisotopic (exact) mass is 244 g/mol. The first-order valence-electron chi connectivity index (χ1n) is 6.30. The zero-order valence-corrected chi connectivity index (χ0v) is 11.5. The highest BCUT2D eigenvalue weighted by atomic mass is 32.2. The Kier molecular flexibility index (Phi) is 3.72. The average Bonchev–Trinajstić information content (AvgIpc) is 2.99. The zero-order chi connectivity index (χ0) is 11.8. The van der Waals surface area contributed by atoms with Crippen LogP contribution in [-0.2, 0) is 10.8 Å². The molecule has 0 amide bonds. The maximum absolute atomic E-state index is 11.3. The van der Waals surface area contributed by atoms with Gasteiger partial charge in [-0.15, -0.1) is 0 Å². The summed E-state index contributed by atoms with van der Waals surface area (Å²) in [5.41, 5.74) is 0.307. The molecule has 0 spiro atoms. The lowest BCUT2D eigenvalue weighted by atomic mass is 9.92. The topological polar surface area (TPSA) is 32.3 Å². The molecule has 1 N–H and O–H groups in total. The SMILES string of the molecule is CC(CS(C)=O)N1CCNC(C)(C2CC2)C1.